The zero-order valence-electron chi connectivity index (χ0n) is 11.8. The van der Waals surface area contributed by atoms with Gasteiger partial charge >= 0.3 is 0 Å². The molecular formula is C17H26. The van der Waals surface area contributed by atoms with Crippen LogP contribution in [0.1, 0.15) is 53.4 Å². The first-order valence-corrected chi connectivity index (χ1v) is 6.95. The Morgan fingerprint density at radius 3 is 2.65 bits per heavy atom. The van der Waals surface area contributed by atoms with Gasteiger partial charge in [-0.3, -0.25) is 0 Å². The molecule has 94 valence electrons. The van der Waals surface area contributed by atoms with Crippen LogP contribution in [-0.4, -0.2) is 0 Å². The molecule has 0 aliphatic heterocycles. The van der Waals surface area contributed by atoms with Gasteiger partial charge in [0.2, 0.25) is 0 Å². The quantitative estimate of drug-likeness (QED) is 0.577. The fraction of sp³-hybridized carbons (Fsp3) is 0.529. The van der Waals surface area contributed by atoms with E-state index in [-0.39, 0.29) is 0 Å². The van der Waals surface area contributed by atoms with Crippen molar-refractivity contribution in [2.75, 3.05) is 0 Å². The highest BCUT2D eigenvalue weighted by Crippen LogP contribution is 2.28. The van der Waals surface area contributed by atoms with Crippen molar-refractivity contribution in [3.05, 3.63) is 47.1 Å². The fourth-order valence-corrected chi connectivity index (χ4v) is 2.28. The second kappa shape index (κ2) is 7.32. The van der Waals surface area contributed by atoms with Gasteiger partial charge in [0.05, 0.1) is 0 Å². The summed E-state index contributed by atoms with van der Waals surface area (Å²) < 4.78 is 0. The minimum atomic E-state index is 0.683. The lowest BCUT2D eigenvalue weighted by Gasteiger charge is -2.14. The van der Waals surface area contributed by atoms with Crippen molar-refractivity contribution in [1.82, 2.24) is 0 Å². The summed E-state index contributed by atoms with van der Waals surface area (Å²) in [6.45, 7) is 8.96. The number of hydrogen-bond donors (Lipinski definition) is 0. The van der Waals surface area contributed by atoms with Crippen molar-refractivity contribution >= 4 is 0 Å². The molecule has 1 aliphatic carbocycles. The maximum absolute atomic E-state index is 2.41. The molecule has 0 saturated heterocycles. The van der Waals surface area contributed by atoms with E-state index in [1.165, 1.54) is 30.4 Å². The second-order valence-corrected chi connectivity index (χ2v) is 4.86. The Hall–Kier alpha value is -1.04. The summed E-state index contributed by atoms with van der Waals surface area (Å²) in [5.74, 6) is 0.683. The predicted octanol–water partition coefficient (Wildman–Crippen LogP) is 5.59. The summed E-state index contributed by atoms with van der Waals surface area (Å²) in [4.78, 5) is 0. The highest BCUT2D eigenvalue weighted by Gasteiger charge is 2.11. The lowest BCUT2D eigenvalue weighted by Crippen LogP contribution is -1.99. The zero-order valence-corrected chi connectivity index (χ0v) is 11.8. The largest absolute Gasteiger partial charge is 0.0871 e. The summed E-state index contributed by atoms with van der Waals surface area (Å²) in [7, 11) is 0. The van der Waals surface area contributed by atoms with Crippen LogP contribution in [0.4, 0.5) is 0 Å². The normalized spacial score (nSPS) is 18.5. The highest BCUT2D eigenvalue weighted by molar-refractivity contribution is 5.43. The maximum Gasteiger partial charge on any atom is -0.0121 e. The first-order valence-electron chi connectivity index (χ1n) is 6.95. The summed E-state index contributed by atoms with van der Waals surface area (Å²) >= 11 is 0. The smallest absolute Gasteiger partial charge is 0.0121 e. The van der Waals surface area contributed by atoms with E-state index in [1.54, 1.807) is 5.57 Å². The van der Waals surface area contributed by atoms with Crippen LogP contribution in [-0.2, 0) is 0 Å². The molecule has 0 aromatic rings. The Morgan fingerprint density at radius 1 is 1.29 bits per heavy atom. The fourth-order valence-electron chi connectivity index (χ4n) is 2.28. The predicted molar refractivity (Wildman–Crippen MR) is 78.0 cm³/mol. The Bertz CT molecular complexity index is 350. The van der Waals surface area contributed by atoms with Gasteiger partial charge in [0.25, 0.3) is 0 Å². The van der Waals surface area contributed by atoms with E-state index >= 15 is 0 Å². The van der Waals surface area contributed by atoms with Crippen LogP contribution in [0.25, 0.3) is 0 Å². The van der Waals surface area contributed by atoms with Crippen molar-refractivity contribution in [3.8, 4) is 0 Å². The first-order chi connectivity index (χ1) is 8.22. The second-order valence-electron chi connectivity index (χ2n) is 4.86. The highest BCUT2D eigenvalue weighted by atomic mass is 14.2. The molecule has 0 heteroatoms. The molecule has 0 fully saturated rings. The molecular weight excluding hydrogens is 204 g/mol. The molecule has 0 nitrogen and oxygen atoms in total. The van der Waals surface area contributed by atoms with Crippen molar-refractivity contribution in [2.45, 2.75) is 53.4 Å². The lowest BCUT2D eigenvalue weighted by atomic mass is 9.91. The van der Waals surface area contributed by atoms with Gasteiger partial charge in [-0.1, -0.05) is 68.7 Å². The molecule has 0 saturated carbocycles. The van der Waals surface area contributed by atoms with E-state index in [0.29, 0.717) is 5.92 Å². The average molecular weight is 230 g/mol. The first kappa shape index (κ1) is 14.0. The van der Waals surface area contributed by atoms with Crippen LogP contribution in [0.3, 0.4) is 0 Å². The molecule has 0 spiro atoms. The van der Waals surface area contributed by atoms with Gasteiger partial charge in [0, 0.05) is 0 Å². The van der Waals surface area contributed by atoms with E-state index < -0.39 is 0 Å². The molecule has 0 bridgehead atoms. The van der Waals surface area contributed by atoms with Gasteiger partial charge in [-0.15, -0.1) is 0 Å². The van der Waals surface area contributed by atoms with Gasteiger partial charge in [0.1, 0.15) is 0 Å². The molecule has 1 aliphatic rings. The van der Waals surface area contributed by atoms with Crippen LogP contribution in [0.2, 0.25) is 0 Å². The van der Waals surface area contributed by atoms with E-state index in [2.05, 4.69) is 58.1 Å². The molecule has 1 unspecified atom stereocenters. The number of hydrogen-bond acceptors (Lipinski definition) is 0. The van der Waals surface area contributed by atoms with Crippen LogP contribution < -0.4 is 0 Å². The van der Waals surface area contributed by atoms with Crippen LogP contribution in [0, 0.1) is 5.92 Å². The van der Waals surface area contributed by atoms with Crippen molar-refractivity contribution in [2.24, 2.45) is 5.92 Å². The number of allylic oxidation sites excluding steroid dienone is 8. The Morgan fingerprint density at radius 2 is 2.06 bits per heavy atom. The molecule has 0 aromatic carbocycles. The summed E-state index contributed by atoms with van der Waals surface area (Å²) in [6.07, 6.45) is 16.2. The van der Waals surface area contributed by atoms with Gasteiger partial charge in [-0.2, -0.15) is 0 Å². The summed E-state index contributed by atoms with van der Waals surface area (Å²) in [5.41, 5.74) is 4.50. The molecule has 1 atom stereocenters. The van der Waals surface area contributed by atoms with Crippen LogP contribution in [0.5, 0.6) is 0 Å². The average Bonchev–Trinajstić information content (AvgIpc) is 2.53. The van der Waals surface area contributed by atoms with Gasteiger partial charge < -0.3 is 0 Å². The summed E-state index contributed by atoms with van der Waals surface area (Å²) in [6, 6.07) is 0. The molecule has 0 radical (unpaired) electrons. The third-order valence-electron chi connectivity index (χ3n) is 3.52. The molecule has 0 heterocycles. The van der Waals surface area contributed by atoms with Crippen LogP contribution >= 0.6 is 0 Å². The molecule has 0 aromatic heterocycles. The Balaban J connectivity index is 2.98. The molecule has 1 rings (SSSR count). The lowest BCUT2D eigenvalue weighted by molar-refractivity contribution is 0.638. The minimum absolute atomic E-state index is 0.683. The summed E-state index contributed by atoms with van der Waals surface area (Å²) in [5, 5.41) is 0. The minimum Gasteiger partial charge on any atom is -0.0871 e. The zero-order chi connectivity index (χ0) is 12.7. The van der Waals surface area contributed by atoms with Crippen LogP contribution in [0.15, 0.2) is 47.1 Å². The molecule has 0 N–H and O–H groups in total. The third-order valence-corrected chi connectivity index (χ3v) is 3.52. The van der Waals surface area contributed by atoms with E-state index in [4.69, 9.17) is 0 Å². The van der Waals surface area contributed by atoms with E-state index in [1.807, 2.05) is 0 Å². The van der Waals surface area contributed by atoms with Gasteiger partial charge in [-0.25, -0.2) is 0 Å². The van der Waals surface area contributed by atoms with E-state index in [9.17, 15) is 0 Å². The van der Waals surface area contributed by atoms with Gasteiger partial charge in [-0.05, 0) is 37.7 Å². The Labute approximate surface area is 107 Å². The maximum atomic E-state index is 2.41. The van der Waals surface area contributed by atoms with Gasteiger partial charge in [0.15, 0.2) is 0 Å². The molecule has 17 heavy (non-hydrogen) atoms. The number of rotatable bonds is 5. The molecule has 0 amide bonds. The van der Waals surface area contributed by atoms with Crippen molar-refractivity contribution < 1.29 is 0 Å². The standard InChI is InChI=1S/C17H26/c1-5-8-15-10-12-16(9-6-2)17(13-11-15)14(4)7-3/h6,9-12,14H,5,7-8,13H2,1-4H3. The van der Waals surface area contributed by atoms with Crippen molar-refractivity contribution in [3.63, 3.8) is 0 Å². The van der Waals surface area contributed by atoms with E-state index in [0.717, 1.165) is 6.42 Å². The monoisotopic (exact) mass is 230 g/mol. The van der Waals surface area contributed by atoms with Crippen molar-refractivity contribution in [1.29, 1.82) is 0 Å². The topological polar surface area (TPSA) is 0 Å². The Kier molecular flexibility index (Phi) is 6.04. The SMILES string of the molecule is CC=CC1=C(C(C)CC)CC=C(CCC)C=C1. The third kappa shape index (κ3) is 4.03.